The van der Waals surface area contributed by atoms with E-state index in [0.29, 0.717) is 19.3 Å². The summed E-state index contributed by atoms with van der Waals surface area (Å²) in [5, 5.41) is 14.4. The zero-order chi connectivity index (χ0) is 21.1. The number of aliphatic hydroxyl groups excluding tert-OH is 1. The van der Waals surface area contributed by atoms with Crippen molar-refractivity contribution < 1.29 is 24.2 Å². The van der Waals surface area contributed by atoms with Crippen LogP contribution >= 0.6 is 0 Å². The second kappa shape index (κ2) is 12.0. The standard InChI is InChI=1S/C22H30N2O5/c1-16(15-25)24-20(26)14-18-9-5-6-10-19(13-17-7-3-2-4-8-17)22(28)29-12-11-23-21(18)27/h2-8,16,18-19,25H,9-15H2,1H3,(H,23,27)(H,24,26)/t16-,18-,19+/m1/s1. The molecule has 2 rings (SSSR count). The van der Waals surface area contributed by atoms with Crippen molar-refractivity contribution >= 4 is 17.8 Å². The number of benzene rings is 1. The van der Waals surface area contributed by atoms with E-state index in [1.165, 1.54) is 0 Å². The van der Waals surface area contributed by atoms with Crippen molar-refractivity contribution in [3.05, 3.63) is 48.0 Å². The lowest BCUT2D eigenvalue weighted by atomic mass is 9.94. The van der Waals surface area contributed by atoms with Gasteiger partial charge in [0.1, 0.15) is 6.61 Å². The van der Waals surface area contributed by atoms with Gasteiger partial charge in [-0.2, -0.15) is 0 Å². The fraction of sp³-hybridized carbons (Fsp3) is 0.500. The van der Waals surface area contributed by atoms with Gasteiger partial charge < -0.3 is 20.5 Å². The Morgan fingerprint density at radius 2 is 1.90 bits per heavy atom. The van der Waals surface area contributed by atoms with Crippen LogP contribution in [-0.4, -0.2) is 48.7 Å². The lowest BCUT2D eigenvalue weighted by molar-refractivity contribution is -0.148. The lowest BCUT2D eigenvalue weighted by Crippen LogP contribution is -2.40. The van der Waals surface area contributed by atoms with Gasteiger partial charge in [0.15, 0.2) is 0 Å². The van der Waals surface area contributed by atoms with Gasteiger partial charge in [-0.05, 0) is 31.7 Å². The lowest BCUT2D eigenvalue weighted by Gasteiger charge is -2.19. The number of hydrogen-bond acceptors (Lipinski definition) is 5. The van der Waals surface area contributed by atoms with Crippen molar-refractivity contribution in [2.24, 2.45) is 11.8 Å². The van der Waals surface area contributed by atoms with Crippen molar-refractivity contribution in [1.82, 2.24) is 10.6 Å². The van der Waals surface area contributed by atoms with Crippen LogP contribution in [0.4, 0.5) is 0 Å². The minimum atomic E-state index is -0.514. The van der Waals surface area contributed by atoms with Crippen molar-refractivity contribution in [2.45, 2.75) is 38.6 Å². The predicted octanol–water partition coefficient (Wildman–Crippen LogP) is 1.36. The summed E-state index contributed by atoms with van der Waals surface area (Å²) in [6, 6.07) is 9.42. The highest BCUT2D eigenvalue weighted by Gasteiger charge is 2.23. The molecular weight excluding hydrogens is 372 g/mol. The van der Waals surface area contributed by atoms with Crippen LogP contribution in [0.5, 0.6) is 0 Å². The van der Waals surface area contributed by atoms with Gasteiger partial charge in [0.2, 0.25) is 11.8 Å². The molecule has 1 aromatic rings. The Bertz CT molecular complexity index is 704. The van der Waals surface area contributed by atoms with Crippen molar-refractivity contribution in [3.63, 3.8) is 0 Å². The first-order valence-electron chi connectivity index (χ1n) is 10.0. The Morgan fingerprint density at radius 3 is 2.59 bits per heavy atom. The van der Waals surface area contributed by atoms with E-state index >= 15 is 0 Å². The quantitative estimate of drug-likeness (QED) is 0.492. The number of allylic oxidation sites excluding steroid dienone is 2. The number of aliphatic hydroxyl groups is 1. The van der Waals surface area contributed by atoms with Crippen molar-refractivity contribution in [1.29, 1.82) is 0 Å². The summed E-state index contributed by atoms with van der Waals surface area (Å²) in [5.74, 6) is -1.61. The fourth-order valence-electron chi connectivity index (χ4n) is 3.16. The third-order valence-electron chi connectivity index (χ3n) is 4.80. The highest BCUT2D eigenvalue weighted by Crippen LogP contribution is 2.17. The van der Waals surface area contributed by atoms with Gasteiger partial charge in [-0.1, -0.05) is 42.5 Å². The van der Waals surface area contributed by atoms with E-state index in [0.717, 1.165) is 5.56 Å². The summed E-state index contributed by atoms with van der Waals surface area (Å²) in [4.78, 5) is 36.9. The van der Waals surface area contributed by atoms with Gasteiger partial charge in [0, 0.05) is 12.5 Å². The molecule has 1 aliphatic heterocycles. The number of hydrogen-bond donors (Lipinski definition) is 3. The molecule has 0 unspecified atom stereocenters. The minimum Gasteiger partial charge on any atom is -0.464 e. The molecule has 3 N–H and O–H groups in total. The topological polar surface area (TPSA) is 105 Å². The van der Waals surface area contributed by atoms with E-state index in [2.05, 4.69) is 10.6 Å². The van der Waals surface area contributed by atoms with Gasteiger partial charge >= 0.3 is 5.97 Å². The number of esters is 1. The van der Waals surface area contributed by atoms with Gasteiger partial charge in [0.05, 0.1) is 25.0 Å². The number of carbonyl (C=O) groups excluding carboxylic acids is 3. The number of ether oxygens (including phenoxy) is 1. The maximum absolute atomic E-state index is 12.4. The third kappa shape index (κ3) is 8.07. The third-order valence-corrected chi connectivity index (χ3v) is 4.80. The average molecular weight is 402 g/mol. The molecule has 7 heteroatoms. The normalized spacial score (nSPS) is 21.9. The second-order valence-electron chi connectivity index (χ2n) is 7.34. The highest BCUT2D eigenvalue weighted by molar-refractivity contribution is 5.86. The summed E-state index contributed by atoms with van der Waals surface area (Å²) >= 11 is 0. The highest BCUT2D eigenvalue weighted by atomic mass is 16.5. The molecular formula is C22H30N2O5. The molecule has 0 bridgehead atoms. The number of amides is 2. The van der Waals surface area contributed by atoms with Crippen LogP contribution in [0.1, 0.15) is 31.7 Å². The first-order valence-corrected chi connectivity index (χ1v) is 10.0. The van der Waals surface area contributed by atoms with E-state index in [-0.39, 0.29) is 55.9 Å². The molecule has 29 heavy (non-hydrogen) atoms. The fourth-order valence-corrected chi connectivity index (χ4v) is 3.16. The zero-order valence-corrected chi connectivity index (χ0v) is 16.8. The van der Waals surface area contributed by atoms with Crippen LogP contribution in [0.15, 0.2) is 42.5 Å². The Hall–Kier alpha value is -2.67. The predicted molar refractivity (Wildman–Crippen MR) is 109 cm³/mol. The van der Waals surface area contributed by atoms with Crippen LogP contribution in [0.2, 0.25) is 0 Å². The number of rotatable bonds is 6. The molecule has 1 aliphatic rings. The summed E-state index contributed by atoms with van der Waals surface area (Å²) in [5.41, 5.74) is 1.07. The van der Waals surface area contributed by atoms with Gasteiger partial charge in [-0.15, -0.1) is 0 Å². The molecule has 3 atom stereocenters. The van der Waals surface area contributed by atoms with Crippen LogP contribution in [0, 0.1) is 11.8 Å². The maximum Gasteiger partial charge on any atom is 0.309 e. The monoisotopic (exact) mass is 402 g/mol. The summed E-state index contributed by atoms with van der Waals surface area (Å²) in [6.07, 6.45) is 5.26. The molecule has 1 aromatic carbocycles. The van der Waals surface area contributed by atoms with Crippen LogP contribution in [0.3, 0.4) is 0 Å². The molecule has 158 valence electrons. The van der Waals surface area contributed by atoms with E-state index in [4.69, 9.17) is 9.84 Å². The minimum absolute atomic E-state index is 0.0355. The second-order valence-corrected chi connectivity index (χ2v) is 7.34. The largest absolute Gasteiger partial charge is 0.464 e. The van der Waals surface area contributed by atoms with Crippen LogP contribution in [0.25, 0.3) is 0 Å². The van der Waals surface area contributed by atoms with Crippen LogP contribution in [-0.2, 0) is 25.5 Å². The molecule has 7 nitrogen and oxygen atoms in total. The zero-order valence-electron chi connectivity index (χ0n) is 16.8. The summed E-state index contributed by atoms with van der Waals surface area (Å²) in [7, 11) is 0. The first-order chi connectivity index (χ1) is 14.0. The Labute approximate surface area is 171 Å². The maximum atomic E-state index is 12.4. The number of carbonyl (C=O) groups is 3. The Balaban J connectivity index is 2.02. The Kier molecular flexibility index (Phi) is 9.37. The molecule has 0 spiro atoms. The SMILES string of the molecule is C[C@H](CO)NC(=O)C[C@H]1CC=CC[C@@H](Cc2ccccc2)C(=O)OCCNC1=O. The summed E-state index contributed by atoms with van der Waals surface area (Å²) in [6.45, 7) is 1.84. The number of nitrogens with one attached hydrogen (secondary N) is 2. The molecule has 0 saturated heterocycles. The molecule has 0 aliphatic carbocycles. The average Bonchev–Trinajstić information content (AvgIpc) is 2.71. The smallest absolute Gasteiger partial charge is 0.309 e. The van der Waals surface area contributed by atoms with Crippen molar-refractivity contribution in [3.8, 4) is 0 Å². The number of cyclic esters (lactones) is 1. The molecule has 0 radical (unpaired) electrons. The Morgan fingerprint density at radius 1 is 1.21 bits per heavy atom. The molecule has 0 fully saturated rings. The van der Waals surface area contributed by atoms with E-state index in [1.54, 1.807) is 6.92 Å². The van der Waals surface area contributed by atoms with Gasteiger partial charge in [-0.25, -0.2) is 0 Å². The summed E-state index contributed by atoms with van der Waals surface area (Å²) < 4.78 is 5.34. The molecule has 0 aromatic heterocycles. The van der Waals surface area contributed by atoms with E-state index in [1.807, 2.05) is 42.5 Å². The molecule has 1 heterocycles. The molecule has 0 saturated carbocycles. The van der Waals surface area contributed by atoms with Crippen LogP contribution < -0.4 is 10.6 Å². The van der Waals surface area contributed by atoms with E-state index < -0.39 is 5.92 Å². The molecule has 2 amide bonds. The van der Waals surface area contributed by atoms with Gasteiger partial charge in [-0.3, -0.25) is 14.4 Å². The van der Waals surface area contributed by atoms with E-state index in [9.17, 15) is 14.4 Å². The van der Waals surface area contributed by atoms with Crippen molar-refractivity contribution in [2.75, 3.05) is 19.8 Å². The van der Waals surface area contributed by atoms with Gasteiger partial charge in [0.25, 0.3) is 0 Å². The first kappa shape index (κ1) is 22.6.